The van der Waals surface area contributed by atoms with Gasteiger partial charge in [-0.2, -0.15) is 0 Å². The zero-order valence-corrected chi connectivity index (χ0v) is 7.33. The number of rotatable bonds is 1. The van der Waals surface area contributed by atoms with Crippen LogP contribution in [0.25, 0.3) is 0 Å². The minimum atomic E-state index is -0.0664. The molecule has 0 radical (unpaired) electrons. The number of hydrogen-bond acceptors (Lipinski definition) is 0. The Bertz CT molecular complexity index is 138. The van der Waals surface area contributed by atoms with Crippen molar-refractivity contribution in [2.75, 3.05) is 6.67 Å². The van der Waals surface area contributed by atoms with Crippen LogP contribution >= 0.6 is 0 Å². The van der Waals surface area contributed by atoms with Crippen LogP contribution in [0.15, 0.2) is 0 Å². The highest BCUT2D eigenvalue weighted by molar-refractivity contribution is 4.96. The van der Waals surface area contributed by atoms with E-state index in [4.69, 9.17) is 0 Å². The standard InChI is InChI=1S/C10H17F/c1-9-2-5-10(8-11,6-3-9)7-4-9/h2-8H2,1H3. The first-order chi connectivity index (χ1) is 5.18. The quantitative estimate of drug-likeness (QED) is 0.546. The lowest BCUT2D eigenvalue weighted by molar-refractivity contribution is -0.0125. The normalized spacial score (nSPS) is 49.6. The molecule has 0 aliphatic heterocycles. The van der Waals surface area contributed by atoms with Crippen molar-refractivity contribution in [3.05, 3.63) is 0 Å². The summed E-state index contributed by atoms with van der Waals surface area (Å²) < 4.78 is 12.7. The second-order valence-corrected chi connectivity index (χ2v) is 4.94. The lowest BCUT2D eigenvalue weighted by atomic mass is 9.55. The zero-order valence-electron chi connectivity index (χ0n) is 7.33. The molecule has 0 nitrogen and oxygen atoms in total. The van der Waals surface area contributed by atoms with Gasteiger partial charge in [0.1, 0.15) is 0 Å². The van der Waals surface area contributed by atoms with E-state index in [1.807, 2.05) is 0 Å². The van der Waals surface area contributed by atoms with E-state index in [2.05, 4.69) is 6.92 Å². The maximum absolute atomic E-state index is 12.7. The highest BCUT2D eigenvalue weighted by atomic mass is 19.1. The average molecular weight is 156 g/mol. The van der Waals surface area contributed by atoms with Crippen LogP contribution < -0.4 is 0 Å². The van der Waals surface area contributed by atoms with E-state index < -0.39 is 0 Å². The molecule has 0 N–H and O–H groups in total. The number of alkyl halides is 1. The first-order valence-corrected chi connectivity index (χ1v) is 4.74. The molecule has 0 aromatic carbocycles. The van der Waals surface area contributed by atoms with Crippen molar-refractivity contribution in [2.45, 2.75) is 45.4 Å². The van der Waals surface area contributed by atoms with Crippen molar-refractivity contribution in [2.24, 2.45) is 10.8 Å². The second-order valence-electron chi connectivity index (χ2n) is 4.94. The van der Waals surface area contributed by atoms with Crippen LogP contribution in [0, 0.1) is 10.8 Å². The molecule has 0 heterocycles. The molecule has 0 atom stereocenters. The molecule has 64 valence electrons. The van der Waals surface area contributed by atoms with Crippen LogP contribution in [-0.2, 0) is 0 Å². The van der Waals surface area contributed by atoms with Crippen molar-refractivity contribution in [3.8, 4) is 0 Å². The third kappa shape index (κ3) is 1.09. The Morgan fingerprint density at radius 2 is 1.45 bits per heavy atom. The van der Waals surface area contributed by atoms with Crippen LogP contribution in [0.4, 0.5) is 4.39 Å². The highest BCUT2D eigenvalue weighted by Gasteiger charge is 2.45. The number of halogens is 1. The maximum atomic E-state index is 12.7. The van der Waals surface area contributed by atoms with Crippen LogP contribution in [0.1, 0.15) is 45.4 Å². The summed E-state index contributed by atoms with van der Waals surface area (Å²) in [5.41, 5.74) is 0.731. The lowest BCUT2D eigenvalue weighted by Gasteiger charge is -2.51. The van der Waals surface area contributed by atoms with E-state index in [9.17, 15) is 4.39 Å². The molecule has 2 bridgehead atoms. The van der Waals surface area contributed by atoms with Crippen molar-refractivity contribution in [3.63, 3.8) is 0 Å². The van der Waals surface area contributed by atoms with E-state index >= 15 is 0 Å². The molecule has 0 saturated heterocycles. The molecule has 11 heavy (non-hydrogen) atoms. The Labute approximate surface area is 68.2 Å². The molecule has 0 aromatic rings. The van der Waals surface area contributed by atoms with Crippen LogP contribution in [-0.4, -0.2) is 6.67 Å². The van der Waals surface area contributed by atoms with Gasteiger partial charge in [0, 0.05) is 0 Å². The minimum absolute atomic E-state index is 0.0664. The van der Waals surface area contributed by atoms with Crippen LogP contribution in [0.2, 0.25) is 0 Å². The Morgan fingerprint density at radius 3 is 1.82 bits per heavy atom. The average Bonchev–Trinajstić information content (AvgIpc) is 2.07. The number of hydrogen-bond donors (Lipinski definition) is 0. The fraction of sp³-hybridized carbons (Fsp3) is 1.00. The molecule has 3 fully saturated rings. The molecule has 3 saturated carbocycles. The predicted molar refractivity (Wildman–Crippen MR) is 44.2 cm³/mol. The van der Waals surface area contributed by atoms with E-state index in [0.29, 0.717) is 5.41 Å². The SMILES string of the molecule is CC12CCC(CF)(CC1)CC2. The molecule has 3 rings (SSSR count). The summed E-state index contributed by atoms with van der Waals surface area (Å²) in [4.78, 5) is 0. The first kappa shape index (κ1) is 7.57. The van der Waals surface area contributed by atoms with Crippen molar-refractivity contribution < 1.29 is 4.39 Å². The molecule has 1 heteroatoms. The van der Waals surface area contributed by atoms with Gasteiger partial charge in [-0.25, -0.2) is 0 Å². The van der Waals surface area contributed by atoms with Gasteiger partial charge in [-0.1, -0.05) is 6.92 Å². The zero-order chi connectivity index (χ0) is 7.95. The third-order valence-electron chi connectivity index (χ3n) is 4.06. The van der Waals surface area contributed by atoms with Gasteiger partial charge in [0.15, 0.2) is 0 Å². The third-order valence-corrected chi connectivity index (χ3v) is 4.06. The van der Waals surface area contributed by atoms with E-state index in [0.717, 1.165) is 19.3 Å². The maximum Gasteiger partial charge on any atom is 0.0950 e. The molecule has 0 spiro atoms. The highest BCUT2D eigenvalue weighted by Crippen LogP contribution is 2.56. The van der Waals surface area contributed by atoms with E-state index in [-0.39, 0.29) is 12.1 Å². The Morgan fingerprint density at radius 1 is 1.00 bits per heavy atom. The van der Waals surface area contributed by atoms with Gasteiger partial charge in [0.25, 0.3) is 0 Å². The summed E-state index contributed by atoms with van der Waals surface area (Å²) in [6.07, 6.45) is 7.28. The topological polar surface area (TPSA) is 0 Å². The van der Waals surface area contributed by atoms with Crippen molar-refractivity contribution in [1.82, 2.24) is 0 Å². The lowest BCUT2D eigenvalue weighted by Crippen LogP contribution is -2.40. The monoisotopic (exact) mass is 156 g/mol. The van der Waals surface area contributed by atoms with Gasteiger partial charge >= 0.3 is 0 Å². The van der Waals surface area contributed by atoms with E-state index in [1.165, 1.54) is 19.3 Å². The Kier molecular flexibility index (Phi) is 1.52. The summed E-state index contributed by atoms with van der Waals surface area (Å²) in [7, 11) is 0. The van der Waals surface area contributed by atoms with Gasteiger partial charge in [-0.05, 0) is 49.4 Å². The van der Waals surface area contributed by atoms with Gasteiger partial charge in [-0.3, -0.25) is 4.39 Å². The summed E-state index contributed by atoms with van der Waals surface area (Å²) in [6, 6.07) is 0. The van der Waals surface area contributed by atoms with Gasteiger partial charge in [-0.15, -0.1) is 0 Å². The van der Waals surface area contributed by atoms with Crippen molar-refractivity contribution in [1.29, 1.82) is 0 Å². The van der Waals surface area contributed by atoms with Gasteiger partial charge < -0.3 is 0 Å². The number of fused-ring (bicyclic) bond motifs is 3. The first-order valence-electron chi connectivity index (χ1n) is 4.74. The van der Waals surface area contributed by atoms with E-state index in [1.54, 1.807) is 0 Å². The summed E-state index contributed by atoms with van der Waals surface area (Å²) in [5, 5.41) is 0. The molecule has 0 aromatic heterocycles. The van der Waals surface area contributed by atoms with Crippen LogP contribution in [0.5, 0.6) is 0 Å². The minimum Gasteiger partial charge on any atom is -0.250 e. The summed E-state index contributed by atoms with van der Waals surface area (Å²) in [5.74, 6) is 0. The molecule has 0 amide bonds. The van der Waals surface area contributed by atoms with Gasteiger partial charge in [0.05, 0.1) is 6.67 Å². The summed E-state index contributed by atoms with van der Waals surface area (Å²) >= 11 is 0. The second kappa shape index (κ2) is 2.21. The smallest absolute Gasteiger partial charge is 0.0950 e. The fourth-order valence-corrected chi connectivity index (χ4v) is 2.65. The van der Waals surface area contributed by atoms with Gasteiger partial charge in [0.2, 0.25) is 0 Å². The largest absolute Gasteiger partial charge is 0.250 e. The summed E-state index contributed by atoms with van der Waals surface area (Å²) in [6.45, 7) is 2.30. The molecular formula is C10H17F. The molecular weight excluding hydrogens is 139 g/mol. The van der Waals surface area contributed by atoms with Crippen LogP contribution in [0.3, 0.4) is 0 Å². The molecule has 3 aliphatic rings. The molecule has 0 unspecified atom stereocenters. The Balaban J connectivity index is 2.12. The fourth-order valence-electron chi connectivity index (χ4n) is 2.65. The Hall–Kier alpha value is -0.0700. The molecule has 3 aliphatic carbocycles. The van der Waals surface area contributed by atoms with Crippen molar-refractivity contribution >= 4 is 0 Å². The predicted octanol–water partition coefficient (Wildman–Crippen LogP) is 3.32.